The molecule has 1 heterocycles. The number of aromatic nitrogens is 1. The van der Waals surface area contributed by atoms with Crippen molar-refractivity contribution in [3.63, 3.8) is 0 Å². The van der Waals surface area contributed by atoms with Gasteiger partial charge in [-0.3, -0.25) is 9.59 Å². The Balaban J connectivity index is 2.00. The molecule has 0 saturated heterocycles. The summed E-state index contributed by atoms with van der Waals surface area (Å²) in [6, 6.07) is 9.89. The number of amides is 1. The smallest absolute Gasteiger partial charge is 0.279 e. The average molecular weight is 435 g/mol. The molecule has 9 heteroatoms. The molecule has 3 aromatic rings. The van der Waals surface area contributed by atoms with E-state index >= 15 is 0 Å². The molecule has 2 aromatic carbocycles. The van der Waals surface area contributed by atoms with Crippen molar-refractivity contribution in [2.45, 2.75) is 19.9 Å². The molecule has 3 rings (SSSR count). The molecular formula is C21H20F3N3O2S. The summed E-state index contributed by atoms with van der Waals surface area (Å²) in [5, 5.41) is 2.66. The van der Waals surface area contributed by atoms with Gasteiger partial charge in [0.15, 0.2) is 0 Å². The number of pyridine rings is 1. The molecule has 0 atom stereocenters. The summed E-state index contributed by atoms with van der Waals surface area (Å²) in [6.07, 6.45) is 0.434. The van der Waals surface area contributed by atoms with Gasteiger partial charge in [0.2, 0.25) is 0 Å². The van der Waals surface area contributed by atoms with Crippen molar-refractivity contribution in [1.82, 2.24) is 9.99 Å². The quantitative estimate of drug-likeness (QED) is 0.524. The largest absolute Gasteiger partial charge is 0.348 e. The number of halogens is 3. The van der Waals surface area contributed by atoms with E-state index in [0.717, 1.165) is 10.7 Å². The summed E-state index contributed by atoms with van der Waals surface area (Å²) in [7, 11) is 0. The Hall–Kier alpha value is -2.94. The summed E-state index contributed by atoms with van der Waals surface area (Å²) in [4.78, 5) is 25.8. The first-order valence-corrected chi connectivity index (χ1v) is 10.2. The van der Waals surface area contributed by atoms with Crippen molar-refractivity contribution in [2.75, 3.05) is 17.7 Å². The maximum absolute atomic E-state index is 14.5. The van der Waals surface area contributed by atoms with Gasteiger partial charge >= 0.3 is 0 Å². The molecule has 0 saturated carbocycles. The molecular weight excluding hydrogens is 415 g/mol. The fourth-order valence-corrected chi connectivity index (χ4v) is 3.49. The molecule has 1 amide bonds. The number of carbonyl (C=O) groups excluding carboxylic acids is 1. The van der Waals surface area contributed by atoms with Crippen LogP contribution in [-0.2, 0) is 6.54 Å². The molecule has 2 N–H and O–H groups in total. The molecule has 0 aliphatic rings. The number of nitrogens with zero attached hydrogens (tertiary/aromatic N) is 1. The molecule has 0 aliphatic heterocycles. The molecule has 0 spiro atoms. The Bertz CT molecular complexity index is 1130. The van der Waals surface area contributed by atoms with Gasteiger partial charge < -0.3 is 10.7 Å². The van der Waals surface area contributed by atoms with Crippen LogP contribution in [-0.4, -0.2) is 22.9 Å². The highest BCUT2D eigenvalue weighted by atomic mass is 32.2. The van der Waals surface area contributed by atoms with Gasteiger partial charge in [0.1, 0.15) is 11.6 Å². The van der Waals surface area contributed by atoms with Crippen LogP contribution in [0.25, 0.3) is 10.8 Å². The summed E-state index contributed by atoms with van der Waals surface area (Å²) in [5.74, 6) is -1.45. The van der Waals surface area contributed by atoms with Gasteiger partial charge in [0.25, 0.3) is 11.5 Å². The standard InChI is InChI=1S/C21H20F3N3O2S/c1-13-18(20(28)25-12-14-5-2-6-15(22)11-14)16-7-3-8-17(23)19(16)21(29)27(13)26-9-4-10-30-24/h2-3,5-8,11,26H,4,9-10,12H2,1H3,(H,25,28). The van der Waals surface area contributed by atoms with Crippen molar-refractivity contribution in [3.05, 3.63) is 81.3 Å². The molecule has 0 radical (unpaired) electrons. The molecule has 5 nitrogen and oxygen atoms in total. The predicted molar refractivity (Wildman–Crippen MR) is 113 cm³/mol. The predicted octanol–water partition coefficient (Wildman–Crippen LogP) is 4.07. The molecule has 0 fully saturated rings. The molecule has 0 bridgehead atoms. The number of rotatable bonds is 8. The third-order valence-electron chi connectivity index (χ3n) is 4.63. The first-order valence-electron chi connectivity index (χ1n) is 9.28. The third kappa shape index (κ3) is 4.62. The Labute approximate surface area is 175 Å². The summed E-state index contributed by atoms with van der Waals surface area (Å²) >= 11 is 0.186. The maximum Gasteiger partial charge on any atom is 0.279 e. The second-order valence-corrected chi connectivity index (χ2v) is 7.28. The minimum Gasteiger partial charge on any atom is -0.348 e. The van der Waals surface area contributed by atoms with Gasteiger partial charge in [-0.05, 0) is 37.1 Å². The Kier molecular flexibility index (Phi) is 7.04. The fraction of sp³-hybridized carbons (Fsp3) is 0.238. The van der Waals surface area contributed by atoms with Crippen LogP contribution in [0.3, 0.4) is 0 Å². The lowest BCUT2D eigenvalue weighted by Crippen LogP contribution is -2.35. The lowest BCUT2D eigenvalue weighted by atomic mass is 10.0. The number of hydrogen-bond donors (Lipinski definition) is 2. The van der Waals surface area contributed by atoms with Crippen LogP contribution in [0.5, 0.6) is 0 Å². The minimum absolute atomic E-state index is 0.0626. The van der Waals surface area contributed by atoms with E-state index in [0.29, 0.717) is 17.7 Å². The van der Waals surface area contributed by atoms with Crippen LogP contribution in [0.4, 0.5) is 12.7 Å². The first kappa shape index (κ1) is 21.8. The zero-order valence-electron chi connectivity index (χ0n) is 16.2. The highest BCUT2D eigenvalue weighted by Gasteiger charge is 2.21. The van der Waals surface area contributed by atoms with E-state index in [1.807, 2.05) is 0 Å². The highest BCUT2D eigenvalue weighted by Crippen LogP contribution is 2.21. The van der Waals surface area contributed by atoms with Crippen LogP contribution in [0, 0.1) is 18.6 Å². The van der Waals surface area contributed by atoms with Crippen LogP contribution in [0.1, 0.15) is 28.0 Å². The highest BCUT2D eigenvalue weighted by molar-refractivity contribution is 7.94. The molecule has 1 aromatic heterocycles. The Morgan fingerprint density at radius 2 is 1.93 bits per heavy atom. The van der Waals surface area contributed by atoms with Crippen LogP contribution < -0.4 is 16.3 Å². The molecule has 0 aliphatic carbocycles. The van der Waals surface area contributed by atoms with Crippen molar-refractivity contribution >= 4 is 28.8 Å². The van der Waals surface area contributed by atoms with E-state index < -0.39 is 23.1 Å². The van der Waals surface area contributed by atoms with E-state index in [-0.39, 0.29) is 47.3 Å². The Morgan fingerprint density at radius 3 is 2.67 bits per heavy atom. The van der Waals surface area contributed by atoms with E-state index in [9.17, 15) is 22.3 Å². The van der Waals surface area contributed by atoms with Gasteiger partial charge in [-0.15, -0.1) is 0 Å². The van der Waals surface area contributed by atoms with Gasteiger partial charge in [-0.1, -0.05) is 24.3 Å². The van der Waals surface area contributed by atoms with Crippen molar-refractivity contribution in [2.24, 2.45) is 0 Å². The van der Waals surface area contributed by atoms with E-state index in [4.69, 9.17) is 0 Å². The van der Waals surface area contributed by atoms with Crippen LogP contribution in [0.15, 0.2) is 47.3 Å². The third-order valence-corrected chi connectivity index (χ3v) is 5.08. The Morgan fingerprint density at radius 1 is 1.17 bits per heavy atom. The van der Waals surface area contributed by atoms with E-state index in [2.05, 4.69) is 10.7 Å². The monoisotopic (exact) mass is 435 g/mol. The van der Waals surface area contributed by atoms with Crippen LogP contribution in [0.2, 0.25) is 0 Å². The van der Waals surface area contributed by atoms with Crippen LogP contribution >= 0.6 is 12.1 Å². The van der Waals surface area contributed by atoms with E-state index in [1.54, 1.807) is 13.0 Å². The van der Waals surface area contributed by atoms with Crippen molar-refractivity contribution in [1.29, 1.82) is 0 Å². The lowest BCUT2D eigenvalue weighted by Gasteiger charge is -2.18. The summed E-state index contributed by atoms with van der Waals surface area (Å²) < 4.78 is 41.2. The average Bonchev–Trinajstić information content (AvgIpc) is 2.71. The lowest BCUT2D eigenvalue weighted by molar-refractivity contribution is 0.0951. The molecule has 0 unspecified atom stereocenters. The number of nitrogens with one attached hydrogen (secondary N) is 2. The topological polar surface area (TPSA) is 63.1 Å². The van der Waals surface area contributed by atoms with Gasteiger partial charge in [0.05, 0.1) is 16.6 Å². The number of hydrogen-bond acceptors (Lipinski definition) is 4. The SMILES string of the molecule is Cc1c(C(=O)NCc2cccc(F)c2)c2cccc(F)c2c(=O)n1NCCCSF. The van der Waals surface area contributed by atoms with E-state index in [1.165, 1.54) is 30.3 Å². The van der Waals surface area contributed by atoms with Gasteiger partial charge in [-0.2, -0.15) is 3.89 Å². The normalized spacial score (nSPS) is 10.9. The summed E-state index contributed by atoms with van der Waals surface area (Å²) in [6.45, 7) is 1.90. The van der Waals surface area contributed by atoms with Gasteiger partial charge in [0, 0.05) is 36.4 Å². The number of fused-ring (bicyclic) bond motifs is 1. The van der Waals surface area contributed by atoms with Crippen molar-refractivity contribution in [3.8, 4) is 0 Å². The first-order chi connectivity index (χ1) is 14.4. The summed E-state index contributed by atoms with van der Waals surface area (Å²) in [5.41, 5.74) is 3.20. The number of carbonyl (C=O) groups is 1. The second kappa shape index (κ2) is 9.71. The zero-order valence-corrected chi connectivity index (χ0v) is 17.0. The zero-order chi connectivity index (χ0) is 21.7. The molecule has 158 valence electrons. The van der Waals surface area contributed by atoms with Crippen molar-refractivity contribution < 1.29 is 17.5 Å². The van der Waals surface area contributed by atoms with Gasteiger partial charge in [-0.25, -0.2) is 13.5 Å². The fourth-order valence-electron chi connectivity index (χ4n) is 3.23. The minimum atomic E-state index is -0.744. The number of benzene rings is 2. The second-order valence-electron chi connectivity index (χ2n) is 6.65. The maximum atomic E-state index is 14.5. The molecule has 30 heavy (non-hydrogen) atoms.